The molecule has 6 nitrogen and oxygen atoms in total. The van der Waals surface area contributed by atoms with E-state index in [0.717, 1.165) is 25.7 Å². The maximum atomic E-state index is 11.5. The van der Waals surface area contributed by atoms with Crippen LogP contribution in [-0.2, 0) is 9.59 Å². The molecule has 0 radical (unpaired) electrons. The van der Waals surface area contributed by atoms with Crippen LogP contribution in [0.1, 0.15) is 39.0 Å². The van der Waals surface area contributed by atoms with Crippen molar-refractivity contribution in [1.82, 2.24) is 5.32 Å². The molecule has 0 saturated heterocycles. The number of aliphatic hydroxyl groups excluding tert-OH is 1. The Morgan fingerprint density at radius 2 is 1.94 bits per heavy atom. The normalized spacial score (nSPS) is 13.9. The van der Waals surface area contributed by atoms with Crippen molar-refractivity contribution in [2.45, 2.75) is 45.1 Å². The van der Waals surface area contributed by atoms with Gasteiger partial charge in [0.25, 0.3) is 0 Å². The summed E-state index contributed by atoms with van der Waals surface area (Å²) in [4.78, 5) is 22.0. The van der Waals surface area contributed by atoms with E-state index in [1.54, 1.807) is 0 Å². The Morgan fingerprint density at radius 3 is 2.44 bits per heavy atom. The van der Waals surface area contributed by atoms with Gasteiger partial charge in [0.1, 0.15) is 6.10 Å². The number of hydrogen-bond acceptors (Lipinski definition) is 4. The van der Waals surface area contributed by atoms with E-state index >= 15 is 0 Å². The molecule has 6 N–H and O–H groups in total. The third kappa shape index (κ3) is 8.03. The minimum absolute atomic E-state index is 0.122. The molecule has 0 saturated carbocycles. The van der Waals surface area contributed by atoms with Crippen molar-refractivity contribution in [3.8, 4) is 0 Å². The molecule has 0 aliphatic rings. The lowest BCUT2D eigenvalue weighted by Crippen LogP contribution is -2.40. The summed E-state index contributed by atoms with van der Waals surface area (Å²) >= 11 is 0. The van der Waals surface area contributed by atoms with Crippen LogP contribution in [-0.4, -0.2) is 36.1 Å². The van der Waals surface area contributed by atoms with E-state index in [0.29, 0.717) is 18.9 Å². The maximum absolute atomic E-state index is 11.5. The van der Waals surface area contributed by atoms with Crippen LogP contribution in [0.4, 0.5) is 0 Å². The summed E-state index contributed by atoms with van der Waals surface area (Å²) in [6.07, 6.45) is 2.91. The summed E-state index contributed by atoms with van der Waals surface area (Å²) in [6.45, 7) is 2.61. The minimum atomic E-state index is -1.32. The Bertz CT molecular complexity index is 253. The molecule has 0 spiro atoms. The second-order valence-corrected chi connectivity index (χ2v) is 4.49. The number of nitrogens with two attached hydrogens (primary N) is 2. The first-order chi connectivity index (χ1) is 8.51. The van der Waals surface area contributed by atoms with Crippen LogP contribution in [0.2, 0.25) is 0 Å². The van der Waals surface area contributed by atoms with Crippen molar-refractivity contribution in [1.29, 1.82) is 0 Å². The Balaban J connectivity index is 3.83. The number of carbonyl (C=O) groups is 2. The number of nitrogens with one attached hydrogen (secondary N) is 1. The monoisotopic (exact) mass is 259 g/mol. The summed E-state index contributed by atoms with van der Waals surface area (Å²) < 4.78 is 0. The summed E-state index contributed by atoms with van der Waals surface area (Å²) in [5.74, 6) is -0.539. The molecule has 18 heavy (non-hydrogen) atoms. The lowest BCUT2D eigenvalue weighted by molar-refractivity contribution is -0.127. The Kier molecular flexibility index (Phi) is 9.22. The fourth-order valence-corrected chi connectivity index (χ4v) is 1.81. The molecule has 106 valence electrons. The van der Waals surface area contributed by atoms with Gasteiger partial charge < -0.3 is 21.9 Å². The average Bonchev–Trinajstić information content (AvgIpc) is 2.33. The molecule has 0 aliphatic carbocycles. The van der Waals surface area contributed by atoms with Crippen LogP contribution in [0.3, 0.4) is 0 Å². The van der Waals surface area contributed by atoms with Crippen molar-refractivity contribution < 1.29 is 14.7 Å². The summed E-state index contributed by atoms with van der Waals surface area (Å²) in [5.41, 5.74) is 10.4. The Hall–Kier alpha value is -1.14. The quantitative estimate of drug-likeness (QED) is 0.422. The van der Waals surface area contributed by atoms with E-state index in [1.165, 1.54) is 0 Å². The largest absolute Gasteiger partial charge is 0.381 e. The van der Waals surface area contributed by atoms with Crippen molar-refractivity contribution in [2.24, 2.45) is 17.4 Å². The second-order valence-electron chi connectivity index (χ2n) is 4.49. The fraction of sp³-hybridized carbons (Fsp3) is 0.833. The zero-order valence-corrected chi connectivity index (χ0v) is 11.0. The van der Waals surface area contributed by atoms with E-state index in [4.69, 9.17) is 16.6 Å². The molecule has 0 heterocycles. The highest BCUT2D eigenvalue weighted by Crippen LogP contribution is 2.16. The third-order valence-electron chi connectivity index (χ3n) is 2.87. The molecule has 0 aromatic rings. The van der Waals surface area contributed by atoms with Crippen molar-refractivity contribution in [2.75, 3.05) is 13.1 Å². The first kappa shape index (κ1) is 16.9. The van der Waals surface area contributed by atoms with Gasteiger partial charge in [-0.2, -0.15) is 0 Å². The van der Waals surface area contributed by atoms with E-state index in [9.17, 15) is 9.59 Å². The third-order valence-corrected chi connectivity index (χ3v) is 2.87. The highest BCUT2D eigenvalue weighted by Gasteiger charge is 2.13. The van der Waals surface area contributed by atoms with Gasteiger partial charge in [-0.15, -0.1) is 0 Å². The fourth-order valence-electron chi connectivity index (χ4n) is 1.81. The smallest absolute Gasteiger partial charge is 0.248 e. The van der Waals surface area contributed by atoms with Crippen LogP contribution < -0.4 is 16.8 Å². The first-order valence-electron chi connectivity index (χ1n) is 6.45. The van der Waals surface area contributed by atoms with E-state index in [-0.39, 0.29) is 12.5 Å². The van der Waals surface area contributed by atoms with E-state index in [1.807, 2.05) is 0 Å². The number of rotatable bonds is 10. The molecule has 0 fully saturated rings. The summed E-state index contributed by atoms with van der Waals surface area (Å²) in [6, 6.07) is 0. The van der Waals surface area contributed by atoms with Gasteiger partial charge in [0.15, 0.2) is 0 Å². The first-order valence-corrected chi connectivity index (χ1v) is 6.45. The number of carbonyl (C=O) groups excluding carboxylic acids is 2. The van der Waals surface area contributed by atoms with E-state index < -0.39 is 12.0 Å². The minimum Gasteiger partial charge on any atom is -0.381 e. The van der Waals surface area contributed by atoms with Gasteiger partial charge in [-0.05, 0) is 25.3 Å². The predicted octanol–water partition coefficient (Wildman–Crippen LogP) is -0.506. The Labute approximate surface area is 108 Å². The van der Waals surface area contributed by atoms with Crippen molar-refractivity contribution in [3.63, 3.8) is 0 Å². The topological polar surface area (TPSA) is 118 Å². The number of hydrogen-bond donors (Lipinski definition) is 4. The second kappa shape index (κ2) is 9.85. The summed E-state index contributed by atoms with van der Waals surface area (Å²) in [5, 5.41) is 11.6. The maximum Gasteiger partial charge on any atom is 0.248 e. The van der Waals surface area contributed by atoms with Gasteiger partial charge in [-0.25, -0.2) is 0 Å². The Morgan fingerprint density at radius 1 is 1.28 bits per heavy atom. The van der Waals surface area contributed by atoms with Crippen molar-refractivity contribution >= 4 is 11.8 Å². The van der Waals surface area contributed by atoms with E-state index in [2.05, 4.69) is 12.2 Å². The molecule has 0 bridgehead atoms. The highest BCUT2D eigenvalue weighted by atomic mass is 16.3. The number of amides is 2. The average molecular weight is 259 g/mol. The SMILES string of the molecule is CCCC(CCN)CCC(=O)NCC(O)C(N)=O. The highest BCUT2D eigenvalue weighted by molar-refractivity contribution is 5.80. The molecule has 2 unspecified atom stereocenters. The van der Waals surface area contributed by atoms with Crippen LogP contribution >= 0.6 is 0 Å². The molecule has 6 heteroatoms. The van der Waals surface area contributed by atoms with Crippen LogP contribution in [0, 0.1) is 5.92 Å². The van der Waals surface area contributed by atoms with Gasteiger partial charge >= 0.3 is 0 Å². The molecule has 0 aliphatic heterocycles. The van der Waals surface area contributed by atoms with Gasteiger partial charge in [0.2, 0.25) is 11.8 Å². The van der Waals surface area contributed by atoms with Crippen LogP contribution in [0.5, 0.6) is 0 Å². The molecular weight excluding hydrogens is 234 g/mol. The van der Waals surface area contributed by atoms with Crippen LogP contribution in [0.15, 0.2) is 0 Å². The molecule has 0 aromatic carbocycles. The molecule has 2 atom stereocenters. The number of aliphatic hydroxyl groups is 1. The van der Waals surface area contributed by atoms with Crippen LogP contribution in [0.25, 0.3) is 0 Å². The molecule has 0 rings (SSSR count). The van der Waals surface area contributed by atoms with Gasteiger partial charge in [0, 0.05) is 6.42 Å². The molecule has 2 amide bonds. The van der Waals surface area contributed by atoms with Gasteiger partial charge in [-0.1, -0.05) is 19.8 Å². The zero-order valence-electron chi connectivity index (χ0n) is 11.0. The molecular formula is C12H25N3O3. The number of primary amides is 1. The van der Waals surface area contributed by atoms with Gasteiger partial charge in [0.05, 0.1) is 6.54 Å². The van der Waals surface area contributed by atoms with Gasteiger partial charge in [-0.3, -0.25) is 9.59 Å². The lowest BCUT2D eigenvalue weighted by atomic mass is 9.94. The molecule has 0 aromatic heterocycles. The lowest BCUT2D eigenvalue weighted by Gasteiger charge is -2.15. The summed E-state index contributed by atoms with van der Waals surface area (Å²) in [7, 11) is 0. The zero-order chi connectivity index (χ0) is 14.0. The van der Waals surface area contributed by atoms with Crippen molar-refractivity contribution in [3.05, 3.63) is 0 Å². The predicted molar refractivity (Wildman–Crippen MR) is 69.5 cm³/mol. The standard InChI is InChI=1S/C12H25N3O3/c1-2-3-9(6-7-13)4-5-11(17)15-8-10(16)12(14)18/h9-10,16H,2-8,13H2,1H3,(H2,14,18)(H,15,17).